The van der Waals surface area contributed by atoms with Crippen LogP contribution >= 0.6 is 11.3 Å². The second kappa shape index (κ2) is 6.89. The van der Waals surface area contributed by atoms with Crippen molar-refractivity contribution in [3.05, 3.63) is 65.4 Å². The van der Waals surface area contributed by atoms with Crippen molar-refractivity contribution in [2.75, 3.05) is 5.75 Å². The first-order valence-corrected chi connectivity index (χ1v) is 9.61. The van der Waals surface area contributed by atoms with Crippen molar-refractivity contribution in [3.63, 3.8) is 0 Å². The minimum atomic E-state index is -3.34. The van der Waals surface area contributed by atoms with E-state index in [1.54, 1.807) is 12.2 Å². The number of rotatable bonds is 6. The summed E-state index contributed by atoms with van der Waals surface area (Å²) >= 11 is 1.47. The summed E-state index contributed by atoms with van der Waals surface area (Å²) in [6.45, 7) is 0. The first-order valence-electron chi connectivity index (χ1n) is 6.91. The van der Waals surface area contributed by atoms with Gasteiger partial charge in [0, 0.05) is 0 Å². The largest absolute Gasteiger partial charge is 0.338 e. The fourth-order valence-corrected chi connectivity index (χ4v) is 3.61. The molecule has 3 aromatic rings. The quantitative estimate of drug-likeness (QED) is 0.684. The summed E-state index contributed by atoms with van der Waals surface area (Å²) < 4.78 is 29.3. The second-order valence-electron chi connectivity index (χ2n) is 4.86. The molecule has 0 bridgehead atoms. The van der Waals surface area contributed by atoms with Gasteiger partial charge in [0.25, 0.3) is 0 Å². The van der Waals surface area contributed by atoms with Crippen molar-refractivity contribution in [1.29, 1.82) is 0 Å². The molecule has 5 nitrogen and oxygen atoms in total. The normalized spacial score (nSPS) is 12.0. The summed E-state index contributed by atoms with van der Waals surface area (Å²) in [4.78, 5) is 4.98. The molecule has 0 spiro atoms. The summed E-state index contributed by atoms with van der Waals surface area (Å²) in [5.74, 6) is 0.204. The molecule has 0 aliphatic carbocycles. The highest BCUT2D eigenvalue weighted by atomic mass is 32.2. The molecule has 2 heterocycles. The highest BCUT2D eigenvalue weighted by Crippen LogP contribution is 2.21. The number of benzene rings is 1. The molecule has 0 unspecified atom stereocenters. The summed E-state index contributed by atoms with van der Waals surface area (Å²) in [7, 11) is -3.34. The Morgan fingerprint density at radius 1 is 1.13 bits per heavy atom. The number of hydrogen-bond acceptors (Lipinski definition) is 6. The molecule has 0 aliphatic heterocycles. The van der Waals surface area contributed by atoms with Crippen molar-refractivity contribution in [1.82, 2.24) is 10.1 Å². The summed E-state index contributed by atoms with van der Waals surface area (Å²) in [6.07, 6.45) is 3.41. The number of sulfone groups is 1. The molecule has 3 rings (SSSR count). The number of nitrogens with zero attached hydrogens (tertiary/aromatic N) is 2. The maximum atomic E-state index is 12.1. The smallest absolute Gasteiger partial charge is 0.242 e. The van der Waals surface area contributed by atoms with E-state index in [-0.39, 0.29) is 17.4 Å². The Morgan fingerprint density at radius 3 is 2.70 bits per heavy atom. The highest BCUT2D eigenvalue weighted by Gasteiger charge is 2.17. The van der Waals surface area contributed by atoms with Gasteiger partial charge < -0.3 is 4.52 Å². The van der Waals surface area contributed by atoms with Gasteiger partial charge in [0.05, 0.1) is 10.6 Å². The molecule has 0 fully saturated rings. The predicted octanol–water partition coefficient (Wildman–Crippen LogP) is 3.43. The maximum Gasteiger partial charge on any atom is 0.242 e. The van der Waals surface area contributed by atoms with Crippen LogP contribution in [0.5, 0.6) is 0 Å². The van der Waals surface area contributed by atoms with E-state index in [1.807, 2.05) is 47.8 Å². The second-order valence-corrected chi connectivity index (χ2v) is 7.91. The van der Waals surface area contributed by atoms with E-state index in [4.69, 9.17) is 4.52 Å². The molecule has 118 valence electrons. The zero-order chi connectivity index (χ0) is 16.1. The van der Waals surface area contributed by atoms with Crippen LogP contribution in [0.2, 0.25) is 0 Å². The van der Waals surface area contributed by atoms with Gasteiger partial charge in [-0.1, -0.05) is 53.7 Å². The van der Waals surface area contributed by atoms with E-state index in [1.165, 1.54) is 11.3 Å². The van der Waals surface area contributed by atoms with Crippen LogP contribution in [0.4, 0.5) is 0 Å². The molecular weight excluding hydrogens is 332 g/mol. The summed E-state index contributed by atoms with van der Waals surface area (Å²) in [5.41, 5.74) is 0.959. The zero-order valence-corrected chi connectivity index (χ0v) is 13.8. The van der Waals surface area contributed by atoms with Gasteiger partial charge in [-0.3, -0.25) is 0 Å². The van der Waals surface area contributed by atoms with Crippen molar-refractivity contribution < 1.29 is 12.9 Å². The Balaban J connectivity index is 1.64. The topological polar surface area (TPSA) is 73.1 Å². The van der Waals surface area contributed by atoms with Gasteiger partial charge in [0.1, 0.15) is 5.75 Å². The van der Waals surface area contributed by atoms with Crippen molar-refractivity contribution >= 4 is 27.3 Å². The van der Waals surface area contributed by atoms with E-state index in [0.717, 1.165) is 10.4 Å². The fourth-order valence-electron chi connectivity index (χ4n) is 1.96. The minimum Gasteiger partial charge on any atom is -0.338 e. The maximum absolute atomic E-state index is 12.1. The van der Waals surface area contributed by atoms with Gasteiger partial charge in [-0.2, -0.15) is 4.98 Å². The molecule has 0 amide bonds. The lowest BCUT2D eigenvalue weighted by Crippen LogP contribution is -2.07. The van der Waals surface area contributed by atoms with Gasteiger partial charge in [-0.15, -0.1) is 11.3 Å². The van der Waals surface area contributed by atoms with Gasteiger partial charge in [-0.25, -0.2) is 8.42 Å². The van der Waals surface area contributed by atoms with Crippen molar-refractivity contribution in [2.45, 2.75) is 5.75 Å². The first-order chi connectivity index (χ1) is 11.1. The molecular formula is C16H14N2O3S2. The Morgan fingerprint density at radius 2 is 1.96 bits per heavy atom. The van der Waals surface area contributed by atoms with Crippen LogP contribution in [0, 0.1) is 0 Å². The molecule has 0 radical (unpaired) electrons. The van der Waals surface area contributed by atoms with Gasteiger partial charge in [-0.05, 0) is 17.0 Å². The molecule has 0 saturated heterocycles. The highest BCUT2D eigenvalue weighted by molar-refractivity contribution is 7.90. The van der Waals surface area contributed by atoms with Gasteiger partial charge in [0.15, 0.2) is 9.84 Å². The third kappa shape index (κ3) is 4.37. The SMILES string of the molecule is O=S(=O)(C/C=C/c1ccccc1)Cc1nc(-c2cccs2)no1. The van der Waals surface area contributed by atoms with E-state index in [0.29, 0.717) is 5.82 Å². The summed E-state index contributed by atoms with van der Waals surface area (Å²) in [6, 6.07) is 13.3. The Hall–Kier alpha value is -2.25. The van der Waals surface area contributed by atoms with Crippen LogP contribution in [0.1, 0.15) is 11.5 Å². The Bertz CT molecular complexity index is 883. The predicted molar refractivity (Wildman–Crippen MR) is 90.6 cm³/mol. The minimum absolute atomic E-state index is 0.0708. The van der Waals surface area contributed by atoms with E-state index < -0.39 is 9.84 Å². The van der Waals surface area contributed by atoms with Crippen molar-refractivity contribution in [2.24, 2.45) is 0 Å². The van der Waals surface area contributed by atoms with Crippen LogP contribution < -0.4 is 0 Å². The lowest BCUT2D eigenvalue weighted by Gasteiger charge is -1.96. The van der Waals surface area contributed by atoms with Gasteiger partial charge >= 0.3 is 0 Å². The third-order valence-electron chi connectivity index (χ3n) is 3.01. The van der Waals surface area contributed by atoms with Crippen LogP contribution in [-0.2, 0) is 15.6 Å². The van der Waals surface area contributed by atoms with Crippen LogP contribution in [0.25, 0.3) is 16.8 Å². The number of hydrogen-bond donors (Lipinski definition) is 0. The van der Waals surface area contributed by atoms with Crippen LogP contribution in [-0.4, -0.2) is 24.3 Å². The number of aromatic nitrogens is 2. The lowest BCUT2D eigenvalue weighted by atomic mass is 10.2. The van der Waals surface area contributed by atoms with E-state index in [9.17, 15) is 8.42 Å². The standard InChI is InChI=1S/C16H14N2O3S2/c19-23(20,11-5-8-13-6-2-1-3-7-13)12-15-17-16(18-21-15)14-9-4-10-22-14/h1-10H,11-12H2/b8-5+. The molecule has 0 atom stereocenters. The first kappa shape index (κ1) is 15.6. The average Bonchev–Trinajstić information content (AvgIpc) is 3.18. The molecule has 7 heteroatoms. The zero-order valence-electron chi connectivity index (χ0n) is 12.1. The monoisotopic (exact) mass is 346 g/mol. The fraction of sp³-hybridized carbons (Fsp3) is 0.125. The Labute approximate surface area is 138 Å². The van der Waals surface area contributed by atoms with Crippen molar-refractivity contribution in [3.8, 4) is 10.7 Å². The third-order valence-corrected chi connectivity index (χ3v) is 5.27. The van der Waals surface area contributed by atoms with Crippen LogP contribution in [0.3, 0.4) is 0 Å². The number of thiophene rings is 1. The van der Waals surface area contributed by atoms with E-state index in [2.05, 4.69) is 10.1 Å². The van der Waals surface area contributed by atoms with Crippen LogP contribution in [0.15, 0.2) is 58.4 Å². The lowest BCUT2D eigenvalue weighted by molar-refractivity contribution is 0.389. The molecule has 0 N–H and O–H groups in total. The van der Waals surface area contributed by atoms with Gasteiger partial charge in [0.2, 0.25) is 11.7 Å². The Kier molecular flexibility index (Phi) is 4.68. The molecule has 0 aliphatic rings. The molecule has 1 aromatic carbocycles. The average molecular weight is 346 g/mol. The summed E-state index contributed by atoms with van der Waals surface area (Å²) in [5, 5.41) is 5.71. The van der Waals surface area contributed by atoms with E-state index >= 15 is 0 Å². The molecule has 23 heavy (non-hydrogen) atoms. The molecule has 0 saturated carbocycles. The molecule has 2 aromatic heterocycles.